The van der Waals surface area contributed by atoms with Gasteiger partial charge in [0.2, 0.25) is 11.3 Å². The van der Waals surface area contributed by atoms with Crippen molar-refractivity contribution >= 4 is 22.4 Å². The van der Waals surface area contributed by atoms with Gasteiger partial charge in [0.1, 0.15) is 11.3 Å². The van der Waals surface area contributed by atoms with Crippen molar-refractivity contribution in [3.05, 3.63) is 64.8 Å². The molecule has 0 amide bonds. The van der Waals surface area contributed by atoms with Gasteiger partial charge in [0.05, 0.1) is 31.4 Å². The van der Waals surface area contributed by atoms with E-state index in [1.807, 2.05) is 49.5 Å². The molecule has 144 valence electrons. The van der Waals surface area contributed by atoms with E-state index in [-0.39, 0.29) is 5.78 Å². The summed E-state index contributed by atoms with van der Waals surface area (Å²) in [6.07, 6.45) is 1.83. The van der Waals surface area contributed by atoms with E-state index in [0.29, 0.717) is 24.3 Å². The molecule has 1 fully saturated rings. The number of nitrogens with zero attached hydrogens (tertiary/aromatic N) is 1. The summed E-state index contributed by atoms with van der Waals surface area (Å²) in [5.41, 5.74) is 5.59. The van der Waals surface area contributed by atoms with Gasteiger partial charge in [0.15, 0.2) is 6.20 Å². The van der Waals surface area contributed by atoms with Crippen LogP contribution in [-0.2, 0) is 4.74 Å². The number of H-pyrrole nitrogens is 1. The van der Waals surface area contributed by atoms with Gasteiger partial charge in [-0.3, -0.25) is 4.79 Å². The van der Waals surface area contributed by atoms with Crippen molar-refractivity contribution in [3.8, 4) is 5.75 Å². The van der Waals surface area contributed by atoms with Crippen LogP contribution in [0.25, 0.3) is 10.9 Å². The standard InChI is InChI=1S/C23H24N2O3/c1-15-4-5-17(12-16(15)2)23(26)20-14-24-21-7-6-18(27-3)13-19(21)22(20)25-8-10-28-11-9-25/h4-7,12-14H,8-11H2,1-3H3/p+1. The SMILES string of the molecule is COc1ccc2[nH+]cc(C(=O)c3ccc(C)c(C)c3)c(N3CCOCC3)c2c1. The Labute approximate surface area is 164 Å². The summed E-state index contributed by atoms with van der Waals surface area (Å²) in [7, 11) is 1.66. The van der Waals surface area contributed by atoms with Crippen molar-refractivity contribution in [1.29, 1.82) is 0 Å². The average molecular weight is 377 g/mol. The normalized spacial score (nSPS) is 14.3. The molecular weight excluding hydrogens is 352 g/mol. The number of rotatable bonds is 4. The van der Waals surface area contributed by atoms with Gasteiger partial charge < -0.3 is 14.4 Å². The number of hydrogen-bond acceptors (Lipinski definition) is 4. The number of hydrogen-bond donors (Lipinski definition) is 0. The van der Waals surface area contributed by atoms with Crippen LogP contribution >= 0.6 is 0 Å². The number of ether oxygens (including phenoxy) is 2. The first kappa shape index (κ1) is 18.4. The molecule has 0 atom stereocenters. The van der Waals surface area contributed by atoms with Crippen LogP contribution in [0.2, 0.25) is 0 Å². The van der Waals surface area contributed by atoms with Crippen molar-refractivity contribution in [1.82, 2.24) is 0 Å². The Balaban J connectivity index is 1.91. The summed E-state index contributed by atoms with van der Waals surface area (Å²) in [4.78, 5) is 19.0. The van der Waals surface area contributed by atoms with Crippen LogP contribution in [0, 0.1) is 13.8 Å². The number of aryl methyl sites for hydroxylation is 2. The van der Waals surface area contributed by atoms with Crippen LogP contribution in [-0.4, -0.2) is 39.2 Å². The quantitative estimate of drug-likeness (QED) is 0.655. The highest BCUT2D eigenvalue weighted by molar-refractivity contribution is 6.15. The zero-order valence-corrected chi connectivity index (χ0v) is 16.5. The minimum atomic E-state index is 0.0190. The maximum absolute atomic E-state index is 13.5. The predicted octanol–water partition coefficient (Wildman–Crippen LogP) is 3.35. The summed E-state index contributed by atoms with van der Waals surface area (Å²) in [6.45, 7) is 6.90. The lowest BCUT2D eigenvalue weighted by Gasteiger charge is -2.30. The lowest BCUT2D eigenvalue weighted by atomic mass is 9.97. The summed E-state index contributed by atoms with van der Waals surface area (Å²) in [5, 5.41) is 0.982. The first-order chi connectivity index (χ1) is 13.6. The molecular formula is C23H25N2O3+. The molecule has 1 saturated heterocycles. The molecule has 28 heavy (non-hydrogen) atoms. The van der Waals surface area contributed by atoms with E-state index >= 15 is 0 Å². The average Bonchev–Trinajstić information content (AvgIpc) is 2.74. The van der Waals surface area contributed by atoms with Gasteiger partial charge in [-0.05, 0) is 43.2 Å². The number of anilines is 1. The van der Waals surface area contributed by atoms with E-state index in [4.69, 9.17) is 9.47 Å². The third-order valence-electron chi connectivity index (χ3n) is 5.45. The first-order valence-electron chi connectivity index (χ1n) is 9.55. The van der Waals surface area contributed by atoms with Gasteiger partial charge >= 0.3 is 0 Å². The summed E-state index contributed by atoms with van der Waals surface area (Å²) < 4.78 is 11.0. The van der Waals surface area contributed by atoms with Crippen molar-refractivity contribution in [2.24, 2.45) is 0 Å². The molecule has 4 rings (SSSR count). The molecule has 1 N–H and O–H groups in total. The van der Waals surface area contributed by atoms with Gasteiger partial charge in [0, 0.05) is 24.7 Å². The Bertz CT molecular complexity index is 1040. The molecule has 0 radical (unpaired) electrons. The summed E-state index contributed by atoms with van der Waals surface area (Å²) >= 11 is 0. The highest BCUT2D eigenvalue weighted by Gasteiger charge is 2.26. The molecule has 2 aromatic carbocycles. The Morgan fingerprint density at radius 2 is 1.86 bits per heavy atom. The van der Waals surface area contributed by atoms with E-state index in [1.165, 1.54) is 5.56 Å². The van der Waals surface area contributed by atoms with E-state index in [1.54, 1.807) is 7.11 Å². The number of ketones is 1. The molecule has 2 heterocycles. The smallest absolute Gasteiger partial charge is 0.213 e. The zero-order valence-electron chi connectivity index (χ0n) is 16.5. The number of fused-ring (bicyclic) bond motifs is 1. The number of methoxy groups -OCH3 is 1. The largest absolute Gasteiger partial charge is 0.497 e. The predicted molar refractivity (Wildman–Crippen MR) is 109 cm³/mol. The molecule has 1 aromatic heterocycles. The molecule has 0 saturated carbocycles. The Hall–Kier alpha value is -2.92. The van der Waals surface area contributed by atoms with Crippen molar-refractivity contribution in [2.45, 2.75) is 13.8 Å². The third kappa shape index (κ3) is 3.34. The minimum Gasteiger partial charge on any atom is -0.497 e. The Kier molecular flexibility index (Phi) is 5.01. The molecule has 1 aliphatic heterocycles. The summed E-state index contributed by atoms with van der Waals surface area (Å²) in [5.74, 6) is 0.789. The van der Waals surface area contributed by atoms with E-state index in [2.05, 4.69) is 16.8 Å². The third-order valence-corrected chi connectivity index (χ3v) is 5.45. The number of aromatic amines is 1. The van der Waals surface area contributed by atoms with Crippen LogP contribution in [0.3, 0.4) is 0 Å². The minimum absolute atomic E-state index is 0.0190. The highest BCUT2D eigenvalue weighted by atomic mass is 16.5. The van der Waals surface area contributed by atoms with Gasteiger partial charge in [0.25, 0.3) is 0 Å². The van der Waals surface area contributed by atoms with E-state index < -0.39 is 0 Å². The Morgan fingerprint density at radius 3 is 2.57 bits per heavy atom. The van der Waals surface area contributed by atoms with Crippen LogP contribution < -0.4 is 14.6 Å². The van der Waals surface area contributed by atoms with Gasteiger partial charge in [-0.2, -0.15) is 0 Å². The maximum atomic E-state index is 13.5. The van der Waals surface area contributed by atoms with Crippen LogP contribution in [0.1, 0.15) is 27.0 Å². The van der Waals surface area contributed by atoms with Crippen molar-refractivity contribution in [3.63, 3.8) is 0 Å². The van der Waals surface area contributed by atoms with Crippen molar-refractivity contribution in [2.75, 3.05) is 38.3 Å². The number of benzene rings is 2. The van der Waals surface area contributed by atoms with Crippen LogP contribution in [0.5, 0.6) is 5.75 Å². The monoisotopic (exact) mass is 377 g/mol. The number of nitrogens with one attached hydrogen (secondary N) is 1. The second kappa shape index (κ2) is 7.60. The number of carbonyl (C=O) groups excluding carboxylic acids is 1. The molecule has 0 unspecified atom stereocenters. The highest BCUT2D eigenvalue weighted by Crippen LogP contribution is 2.33. The fourth-order valence-electron chi connectivity index (χ4n) is 3.67. The van der Waals surface area contributed by atoms with Gasteiger partial charge in [-0.1, -0.05) is 12.1 Å². The molecule has 0 spiro atoms. The lowest BCUT2D eigenvalue weighted by Crippen LogP contribution is -2.37. The number of morpholine rings is 1. The van der Waals surface area contributed by atoms with Crippen molar-refractivity contribution < 1.29 is 19.3 Å². The zero-order chi connectivity index (χ0) is 19.7. The molecule has 5 nitrogen and oxygen atoms in total. The topological polar surface area (TPSA) is 52.9 Å². The van der Waals surface area contributed by atoms with Crippen LogP contribution in [0.15, 0.2) is 42.6 Å². The van der Waals surface area contributed by atoms with Gasteiger partial charge in [-0.25, -0.2) is 4.98 Å². The number of aromatic nitrogens is 1. The fourth-order valence-corrected chi connectivity index (χ4v) is 3.67. The molecule has 1 aliphatic rings. The lowest BCUT2D eigenvalue weighted by molar-refractivity contribution is -0.344. The first-order valence-corrected chi connectivity index (χ1v) is 9.55. The Morgan fingerprint density at radius 1 is 1.07 bits per heavy atom. The second-order valence-corrected chi connectivity index (χ2v) is 7.19. The van der Waals surface area contributed by atoms with E-state index in [9.17, 15) is 4.79 Å². The number of carbonyl (C=O) groups is 1. The molecule has 0 aliphatic carbocycles. The molecule has 5 heteroatoms. The maximum Gasteiger partial charge on any atom is 0.213 e. The van der Waals surface area contributed by atoms with Gasteiger partial charge in [-0.15, -0.1) is 0 Å². The summed E-state index contributed by atoms with van der Waals surface area (Å²) in [6, 6.07) is 11.8. The molecule has 3 aromatic rings. The fraction of sp³-hybridized carbons (Fsp3) is 0.304. The van der Waals surface area contributed by atoms with E-state index in [0.717, 1.165) is 41.0 Å². The van der Waals surface area contributed by atoms with Crippen LogP contribution in [0.4, 0.5) is 5.69 Å². The number of pyridine rings is 1. The second-order valence-electron chi connectivity index (χ2n) is 7.19. The molecule has 0 bridgehead atoms.